The minimum atomic E-state index is 0.0203. The highest BCUT2D eigenvalue weighted by Crippen LogP contribution is 2.41. The summed E-state index contributed by atoms with van der Waals surface area (Å²) >= 11 is 1.63. The number of fused-ring (bicyclic) bond motifs is 1. The fourth-order valence-corrected chi connectivity index (χ4v) is 5.85. The van der Waals surface area contributed by atoms with Crippen molar-refractivity contribution in [2.24, 2.45) is 0 Å². The van der Waals surface area contributed by atoms with Crippen LogP contribution in [0.25, 0.3) is 20.5 Å². The van der Waals surface area contributed by atoms with Gasteiger partial charge in [-0.15, -0.1) is 11.3 Å². The molecule has 1 aromatic heterocycles. The van der Waals surface area contributed by atoms with Crippen LogP contribution in [-0.2, 0) is 0 Å². The maximum Gasteiger partial charge on any atom is 0.195 e. The average molecular weight is 501 g/mol. The number of rotatable bonds is 9. The van der Waals surface area contributed by atoms with Gasteiger partial charge in [-0.3, -0.25) is 4.79 Å². The predicted octanol–water partition coefficient (Wildman–Crippen LogP) is 5.82. The van der Waals surface area contributed by atoms with E-state index in [0.29, 0.717) is 12.2 Å². The van der Waals surface area contributed by atoms with Gasteiger partial charge in [0.1, 0.15) is 11.5 Å². The number of nitrogens with zero attached hydrogens (tertiary/aromatic N) is 2. The molecule has 186 valence electrons. The van der Waals surface area contributed by atoms with Gasteiger partial charge in [0, 0.05) is 58.8 Å². The summed E-state index contributed by atoms with van der Waals surface area (Å²) in [6.45, 7) is 6.26. The van der Waals surface area contributed by atoms with Gasteiger partial charge in [0.25, 0.3) is 0 Å². The number of piperazine rings is 1. The molecule has 0 N–H and O–H groups in total. The summed E-state index contributed by atoms with van der Waals surface area (Å²) < 4.78 is 12.4. The van der Waals surface area contributed by atoms with Crippen LogP contribution in [0.3, 0.4) is 0 Å². The molecule has 36 heavy (non-hydrogen) atoms. The second-order valence-corrected chi connectivity index (χ2v) is 10.3. The Kier molecular flexibility index (Phi) is 7.66. The van der Waals surface area contributed by atoms with E-state index in [1.807, 2.05) is 60.7 Å². The zero-order valence-corrected chi connectivity index (χ0v) is 21.7. The van der Waals surface area contributed by atoms with Crippen LogP contribution in [0.1, 0.15) is 22.3 Å². The molecule has 4 aromatic rings. The Balaban J connectivity index is 1.30. The van der Waals surface area contributed by atoms with E-state index < -0.39 is 0 Å². The molecule has 1 fully saturated rings. The molecule has 5 nitrogen and oxygen atoms in total. The molecule has 0 aliphatic carbocycles. The molecule has 5 rings (SSSR count). The molecule has 0 unspecified atom stereocenters. The number of ether oxygens (including phenoxy) is 2. The van der Waals surface area contributed by atoms with Crippen LogP contribution in [-0.4, -0.2) is 69.1 Å². The van der Waals surface area contributed by atoms with Gasteiger partial charge in [0.05, 0.1) is 13.7 Å². The van der Waals surface area contributed by atoms with E-state index in [9.17, 15) is 4.79 Å². The van der Waals surface area contributed by atoms with Crippen molar-refractivity contribution in [2.75, 3.05) is 53.5 Å². The Morgan fingerprint density at radius 2 is 1.64 bits per heavy atom. The van der Waals surface area contributed by atoms with E-state index >= 15 is 0 Å². The van der Waals surface area contributed by atoms with Gasteiger partial charge in [-0.25, -0.2) is 0 Å². The second-order valence-electron chi connectivity index (χ2n) is 9.23. The third kappa shape index (κ3) is 5.46. The van der Waals surface area contributed by atoms with Crippen molar-refractivity contribution in [1.29, 1.82) is 0 Å². The lowest BCUT2D eigenvalue weighted by molar-refractivity contribution is 0.104. The molecule has 2 heterocycles. The molecule has 6 heteroatoms. The molecule has 0 bridgehead atoms. The fraction of sp³-hybridized carbons (Fsp3) is 0.300. The largest absolute Gasteiger partial charge is 0.497 e. The number of carbonyl (C=O) groups is 1. The van der Waals surface area contributed by atoms with Crippen molar-refractivity contribution < 1.29 is 14.3 Å². The maximum absolute atomic E-state index is 13.8. The van der Waals surface area contributed by atoms with Crippen LogP contribution in [0.4, 0.5) is 0 Å². The lowest BCUT2D eigenvalue weighted by Crippen LogP contribution is -2.44. The van der Waals surface area contributed by atoms with E-state index in [1.165, 1.54) is 0 Å². The molecular formula is C30H32N2O3S. The number of ketones is 1. The standard InChI is InChI=1S/C30H32N2O3S/c1-31-16-18-32(19-17-31)15-6-20-35-24-11-9-22(10-12-24)29(33)28-26-14-13-25(34-2)21-27(26)36-30(28)23-7-4-3-5-8-23/h3-5,7-14,21H,6,15-20H2,1-2H3. The Hall–Kier alpha value is -3.19. The smallest absolute Gasteiger partial charge is 0.195 e. The Morgan fingerprint density at radius 1 is 0.917 bits per heavy atom. The van der Waals surface area contributed by atoms with Gasteiger partial charge in [-0.05, 0) is 61.5 Å². The van der Waals surface area contributed by atoms with Crippen LogP contribution in [0.5, 0.6) is 11.5 Å². The second kappa shape index (κ2) is 11.2. The first-order valence-electron chi connectivity index (χ1n) is 12.5. The van der Waals surface area contributed by atoms with Gasteiger partial charge >= 0.3 is 0 Å². The Labute approximate surface area is 216 Å². The molecule has 1 aliphatic rings. The molecule has 0 atom stereocenters. The summed E-state index contributed by atoms with van der Waals surface area (Å²) in [7, 11) is 3.84. The van der Waals surface area contributed by atoms with Crippen LogP contribution < -0.4 is 9.47 Å². The normalized spacial score (nSPS) is 14.7. The first-order valence-corrected chi connectivity index (χ1v) is 13.3. The molecule has 1 saturated heterocycles. The van der Waals surface area contributed by atoms with E-state index in [1.54, 1.807) is 18.4 Å². The van der Waals surface area contributed by atoms with Crippen molar-refractivity contribution >= 4 is 27.2 Å². The van der Waals surface area contributed by atoms with Crippen molar-refractivity contribution in [3.05, 3.63) is 83.9 Å². The molecule has 0 spiro atoms. The highest BCUT2D eigenvalue weighted by molar-refractivity contribution is 7.22. The van der Waals surface area contributed by atoms with Crippen molar-refractivity contribution in [3.63, 3.8) is 0 Å². The summed E-state index contributed by atoms with van der Waals surface area (Å²) in [5.74, 6) is 1.61. The average Bonchev–Trinajstić information content (AvgIpc) is 3.31. The molecule has 0 saturated carbocycles. The molecule has 0 amide bonds. The fourth-order valence-electron chi connectivity index (χ4n) is 4.62. The number of thiophene rings is 1. The number of hydrogen-bond acceptors (Lipinski definition) is 6. The minimum absolute atomic E-state index is 0.0203. The summed E-state index contributed by atoms with van der Waals surface area (Å²) in [6, 6.07) is 23.6. The SMILES string of the molecule is COc1ccc2c(C(=O)c3ccc(OCCCN4CCN(C)CC4)cc3)c(-c3ccccc3)sc2c1. The number of hydrogen-bond donors (Lipinski definition) is 0. The Morgan fingerprint density at radius 3 is 2.36 bits per heavy atom. The number of benzene rings is 3. The molecule has 0 radical (unpaired) electrons. The summed E-state index contributed by atoms with van der Waals surface area (Å²) in [5, 5.41) is 0.953. The number of carbonyl (C=O) groups excluding carboxylic acids is 1. The highest BCUT2D eigenvalue weighted by atomic mass is 32.1. The third-order valence-electron chi connectivity index (χ3n) is 6.76. The van der Waals surface area contributed by atoms with Crippen LogP contribution >= 0.6 is 11.3 Å². The van der Waals surface area contributed by atoms with Gasteiger partial charge < -0.3 is 19.3 Å². The van der Waals surface area contributed by atoms with E-state index in [4.69, 9.17) is 9.47 Å². The van der Waals surface area contributed by atoms with Gasteiger partial charge in [-0.2, -0.15) is 0 Å². The van der Waals surface area contributed by atoms with Crippen molar-refractivity contribution in [2.45, 2.75) is 6.42 Å². The van der Waals surface area contributed by atoms with E-state index in [-0.39, 0.29) is 5.78 Å². The van der Waals surface area contributed by atoms with Gasteiger partial charge in [0.2, 0.25) is 0 Å². The van der Waals surface area contributed by atoms with Crippen LogP contribution in [0.2, 0.25) is 0 Å². The first-order chi connectivity index (χ1) is 17.6. The zero-order valence-electron chi connectivity index (χ0n) is 20.9. The zero-order chi connectivity index (χ0) is 24.9. The lowest BCUT2D eigenvalue weighted by Gasteiger charge is -2.32. The Bertz CT molecular complexity index is 1310. The van der Waals surface area contributed by atoms with Crippen LogP contribution in [0.15, 0.2) is 72.8 Å². The van der Waals surface area contributed by atoms with E-state index in [0.717, 1.165) is 76.7 Å². The molecular weight excluding hydrogens is 468 g/mol. The minimum Gasteiger partial charge on any atom is -0.497 e. The molecule has 3 aromatic carbocycles. The third-order valence-corrected chi connectivity index (χ3v) is 7.96. The van der Waals surface area contributed by atoms with E-state index in [2.05, 4.69) is 29.0 Å². The number of likely N-dealkylation sites (N-methyl/N-ethyl adjacent to an activating group) is 1. The lowest BCUT2D eigenvalue weighted by atomic mass is 9.97. The monoisotopic (exact) mass is 500 g/mol. The summed E-state index contributed by atoms with van der Waals surface area (Å²) in [4.78, 5) is 19.6. The summed E-state index contributed by atoms with van der Waals surface area (Å²) in [5.41, 5.74) is 2.44. The maximum atomic E-state index is 13.8. The summed E-state index contributed by atoms with van der Waals surface area (Å²) in [6.07, 6.45) is 0.995. The topological polar surface area (TPSA) is 42.0 Å². The number of methoxy groups -OCH3 is 1. The van der Waals surface area contributed by atoms with Crippen molar-refractivity contribution in [3.8, 4) is 21.9 Å². The quantitative estimate of drug-likeness (QED) is 0.214. The highest BCUT2D eigenvalue weighted by Gasteiger charge is 2.22. The van der Waals surface area contributed by atoms with Crippen LogP contribution in [0, 0.1) is 0 Å². The first kappa shape index (κ1) is 24.5. The van der Waals surface area contributed by atoms with Gasteiger partial charge in [0.15, 0.2) is 5.78 Å². The van der Waals surface area contributed by atoms with Crippen molar-refractivity contribution in [1.82, 2.24) is 9.80 Å². The van der Waals surface area contributed by atoms with Gasteiger partial charge in [-0.1, -0.05) is 30.3 Å². The molecule has 1 aliphatic heterocycles. The predicted molar refractivity (Wildman–Crippen MR) is 148 cm³/mol.